The lowest BCUT2D eigenvalue weighted by atomic mass is 10.1. The molecule has 1 N–H and O–H groups in total. The number of nitrogens with zero attached hydrogens (tertiary/aromatic N) is 1. The van der Waals surface area contributed by atoms with Crippen LogP contribution >= 0.6 is 27.3 Å². The summed E-state index contributed by atoms with van der Waals surface area (Å²) in [5, 5.41) is 5.00. The minimum absolute atomic E-state index is 0.0572. The van der Waals surface area contributed by atoms with E-state index in [1.807, 2.05) is 11.4 Å². The number of amides is 1. The van der Waals surface area contributed by atoms with Crippen LogP contribution in [0.2, 0.25) is 0 Å². The number of carbonyl (C=O) groups excluding carboxylic acids is 1. The van der Waals surface area contributed by atoms with Crippen molar-refractivity contribution in [3.05, 3.63) is 20.8 Å². The van der Waals surface area contributed by atoms with Crippen molar-refractivity contribution in [1.82, 2.24) is 10.2 Å². The van der Waals surface area contributed by atoms with Gasteiger partial charge in [0.15, 0.2) is 0 Å². The van der Waals surface area contributed by atoms with Gasteiger partial charge in [-0.1, -0.05) is 0 Å². The van der Waals surface area contributed by atoms with Crippen molar-refractivity contribution >= 4 is 33.2 Å². The molecule has 0 radical (unpaired) electrons. The number of halogens is 1. The van der Waals surface area contributed by atoms with Gasteiger partial charge in [0.2, 0.25) is 0 Å². The molecule has 2 heterocycles. The Balaban J connectivity index is 1.47. The molecule has 1 saturated heterocycles. The van der Waals surface area contributed by atoms with Crippen molar-refractivity contribution in [2.24, 2.45) is 5.92 Å². The lowest BCUT2D eigenvalue weighted by Gasteiger charge is -2.15. The first-order valence-corrected chi connectivity index (χ1v) is 8.16. The Morgan fingerprint density at radius 1 is 1.50 bits per heavy atom. The summed E-state index contributed by atoms with van der Waals surface area (Å²) in [5.74, 6) is 0.690. The van der Waals surface area contributed by atoms with Crippen molar-refractivity contribution in [3.8, 4) is 0 Å². The van der Waals surface area contributed by atoms with Gasteiger partial charge in [-0.15, -0.1) is 11.3 Å². The van der Waals surface area contributed by atoms with Crippen LogP contribution in [0.1, 0.15) is 28.9 Å². The summed E-state index contributed by atoms with van der Waals surface area (Å²) in [4.78, 5) is 15.3. The van der Waals surface area contributed by atoms with Gasteiger partial charge in [-0.3, -0.25) is 4.79 Å². The first-order chi connectivity index (χ1) is 8.74. The lowest BCUT2D eigenvalue weighted by Crippen LogP contribution is -2.31. The maximum atomic E-state index is 12.0. The van der Waals surface area contributed by atoms with E-state index in [0.29, 0.717) is 5.92 Å². The third kappa shape index (κ3) is 2.78. The minimum atomic E-state index is 0.0572. The second kappa shape index (κ2) is 5.31. The summed E-state index contributed by atoms with van der Waals surface area (Å²) in [7, 11) is 0. The molecule has 5 heteroatoms. The lowest BCUT2D eigenvalue weighted by molar-refractivity contribution is 0.0950. The fourth-order valence-electron chi connectivity index (χ4n) is 2.57. The SMILES string of the molecule is O=C(NCC1CCN(C2CC2)C1)c1sccc1Br. The summed E-state index contributed by atoms with van der Waals surface area (Å²) < 4.78 is 0.899. The molecule has 2 fully saturated rings. The average Bonchev–Trinajstić information content (AvgIpc) is 2.95. The van der Waals surface area contributed by atoms with E-state index in [0.717, 1.165) is 28.5 Å². The number of thiophene rings is 1. The van der Waals surface area contributed by atoms with Gasteiger partial charge in [0, 0.05) is 23.6 Å². The molecular formula is C13H17BrN2OS. The van der Waals surface area contributed by atoms with Crippen LogP contribution in [0.4, 0.5) is 0 Å². The van der Waals surface area contributed by atoms with Crippen molar-refractivity contribution in [3.63, 3.8) is 0 Å². The van der Waals surface area contributed by atoms with Gasteiger partial charge in [-0.2, -0.15) is 0 Å². The molecule has 1 amide bonds. The Morgan fingerprint density at radius 2 is 2.33 bits per heavy atom. The Labute approximate surface area is 120 Å². The van der Waals surface area contributed by atoms with E-state index < -0.39 is 0 Å². The highest BCUT2D eigenvalue weighted by atomic mass is 79.9. The molecule has 18 heavy (non-hydrogen) atoms. The summed E-state index contributed by atoms with van der Waals surface area (Å²) in [6.07, 6.45) is 3.98. The minimum Gasteiger partial charge on any atom is -0.351 e. The molecule has 1 saturated carbocycles. The number of hydrogen-bond donors (Lipinski definition) is 1. The number of hydrogen-bond acceptors (Lipinski definition) is 3. The van der Waals surface area contributed by atoms with Gasteiger partial charge < -0.3 is 10.2 Å². The topological polar surface area (TPSA) is 32.3 Å². The van der Waals surface area contributed by atoms with Crippen molar-refractivity contribution < 1.29 is 4.79 Å². The number of rotatable bonds is 4. The molecule has 3 rings (SSSR count). The first kappa shape index (κ1) is 12.6. The fraction of sp³-hybridized carbons (Fsp3) is 0.615. The molecule has 1 atom stereocenters. The highest BCUT2D eigenvalue weighted by molar-refractivity contribution is 9.10. The van der Waals surface area contributed by atoms with Gasteiger partial charge in [-0.05, 0) is 59.1 Å². The maximum absolute atomic E-state index is 12.0. The molecule has 1 aliphatic carbocycles. The highest BCUT2D eigenvalue weighted by Crippen LogP contribution is 2.31. The molecule has 0 bridgehead atoms. The molecular weight excluding hydrogens is 312 g/mol. The van der Waals surface area contributed by atoms with Crippen LogP contribution in [0.25, 0.3) is 0 Å². The van der Waals surface area contributed by atoms with Crippen molar-refractivity contribution in [2.75, 3.05) is 19.6 Å². The van der Waals surface area contributed by atoms with E-state index in [1.54, 1.807) is 0 Å². The van der Waals surface area contributed by atoms with Crippen LogP contribution < -0.4 is 5.32 Å². The van der Waals surface area contributed by atoms with Gasteiger partial charge in [0.25, 0.3) is 5.91 Å². The van der Waals surface area contributed by atoms with Crippen molar-refractivity contribution in [1.29, 1.82) is 0 Å². The smallest absolute Gasteiger partial charge is 0.262 e. The zero-order chi connectivity index (χ0) is 12.5. The van der Waals surface area contributed by atoms with E-state index in [-0.39, 0.29) is 5.91 Å². The molecule has 1 aliphatic heterocycles. The molecule has 1 unspecified atom stereocenters. The molecule has 1 aromatic heterocycles. The molecule has 98 valence electrons. The second-order valence-corrected chi connectivity index (χ2v) is 6.96. The molecule has 0 aromatic carbocycles. The van der Waals surface area contributed by atoms with E-state index >= 15 is 0 Å². The fourth-order valence-corrected chi connectivity index (χ4v) is 4.04. The highest BCUT2D eigenvalue weighted by Gasteiger charge is 2.34. The predicted octanol–water partition coefficient (Wildman–Crippen LogP) is 2.72. The second-order valence-electron chi connectivity index (χ2n) is 5.19. The quantitative estimate of drug-likeness (QED) is 0.921. The van der Waals surface area contributed by atoms with Gasteiger partial charge in [0.05, 0.1) is 0 Å². The van der Waals surface area contributed by atoms with E-state index in [9.17, 15) is 4.79 Å². The predicted molar refractivity (Wildman–Crippen MR) is 77.1 cm³/mol. The monoisotopic (exact) mass is 328 g/mol. The van der Waals surface area contributed by atoms with Crippen LogP contribution in [-0.4, -0.2) is 36.5 Å². The third-order valence-corrected chi connectivity index (χ3v) is 5.59. The molecule has 3 nitrogen and oxygen atoms in total. The van der Waals surface area contributed by atoms with E-state index in [4.69, 9.17) is 0 Å². The summed E-state index contributed by atoms with van der Waals surface area (Å²) in [6, 6.07) is 2.78. The molecule has 1 aromatic rings. The van der Waals surface area contributed by atoms with Crippen LogP contribution in [0, 0.1) is 5.92 Å². The largest absolute Gasteiger partial charge is 0.351 e. The van der Waals surface area contributed by atoms with E-state index in [1.165, 1.54) is 37.1 Å². The summed E-state index contributed by atoms with van der Waals surface area (Å²) in [5.41, 5.74) is 0. The zero-order valence-electron chi connectivity index (χ0n) is 10.2. The average molecular weight is 329 g/mol. The number of likely N-dealkylation sites (tertiary alicyclic amines) is 1. The number of nitrogens with one attached hydrogen (secondary N) is 1. The molecule has 0 spiro atoms. The first-order valence-electron chi connectivity index (χ1n) is 6.49. The summed E-state index contributed by atoms with van der Waals surface area (Å²) >= 11 is 4.88. The Bertz CT molecular complexity index is 444. The zero-order valence-corrected chi connectivity index (χ0v) is 12.6. The Hall–Kier alpha value is -0.390. The van der Waals surface area contributed by atoms with Crippen molar-refractivity contribution in [2.45, 2.75) is 25.3 Å². The number of carbonyl (C=O) groups is 1. The van der Waals surface area contributed by atoms with Gasteiger partial charge in [-0.25, -0.2) is 0 Å². The third-order valence-electron chi connectivity index (χ3n) is 3.76. The van der Waals surface area contributed by atoms with Gasteiger partial charge >= 0.3 is 0 Å². The Morgan fingerprint density at radius 3 is 3.00 bits per heavy atom. The standard InChI is InChI=1S/C13H17BrN2OS/c14-11-4-6-18-12(11)13(17)15-7-9-3-5-16(8-9)10-1-2-10/h4,6,9-10H,1-3,5,7-8H2,(H,15,17). The van der Waals surface area contributed by atoms with Crippen LogP contribution in [0.3, 0.4) is 0 Å². The maximum Gasteiger partial charge on any atom is 0.262 e. The normalized spacial score (nSPS) is 24.4. The van der Waals surface area contributed by atoms with Gasteiger partial charge in [0.1, 0.15) is 4.88 Å². The van der Waals surface area contributed by atoms with Crippen LogP contribution in [0.15, 0.2) is 15.9 Å². The van der Waals surface area contributed by atoms with Crippen LogP contribution in [0.5, 0.6) is 0 Å². The van der Waals surface area contributed by atoms with E-state index in [2.05, 4.69) is 26.1 Å². The van der Waals surface area contributed by atoms with Crippen LogP contribution in [-0.2, 0) is 0 Å². The molecule has 2 aliphatic rings. The summed E-state index contributed by atoms with van der Waals surface area (Å²) in [6.45, 7) is 3.19. The Kier molecular flexibility index (Phi) is 3.73.